The molecule has 10 heteroatoms. The number of aromatic amines is 2. The summed E-state index contributed by atoms with van der Waals surface area (Å²) in [5, 5.41) is 36.1. The van der Waals surface area contributed by atoms with Gasteiger partial charge in [-0.15, -0.1) is 0 Å². The summed E-state index contributed by atoms with van der Waals surface area (Å²) in [6, 6.07) is 19.3. The van der Waals surface area contributed by atoms with Crippen LogP contribution in [0.4, 0.5) is 5.82 Å². The van der Waals surface area contributed by atoms with Gasteiger partial charge in [-0.1, -0.05) is 61.1 Å². The summed E-state index contributed by atoms with van der Waals surface area (Å²) in [5.74, 6) is 0.925. The van der Waals surface area contributed by atoms with Crippen molar-refractivity contribution in [2.24, 2.45) is 5.92 Å². The molecule has 0 bridgehead atoms. The van der Waals surface area contributed by atoms with E-state index in [9.17, 15) is 4.79 Å². The van der Waals surface area contributed by atoms with E-state index in [1.165, 1.54) is 33.5 Å². The molecule has 7 aromatic rings. The molecule has 0 aliphatic heterocycles. The maximum absolute atomic E-state index is 12.3. The van der Waals surface area contributed by atoms with Crippen molar-refractivity contribution in [3.8, 4) is 11.3 Å². The van der Waals surface area contributed by atoms with Crippen molar-refractivity contribution in [1.29, 1.82) is 0 Å². The van der Waals surface area contributed by atoms with Crippen LogP contribution >= 0.6 is 45.3 Å². The highest BCUT2D eigenvalue weighted by Gasteiger charge is 2.39. The lowest BCUT2D eigenvalue weighted by atomic mass is 9.70. The summed E-state index contributed by atoms with van der Waals surface area (Å²) in [5.41, 5.74) is 11.7. The van der Waals surface area contributed by atoms with Crippen LogP contribution in [0.1, 0.15) is 64.0 Å². The Morgan fingerprint density at radius 2 is 1.18 bits per heavy atom. The first-order valence-electron chi connectivity index (χ1n) is 17.1. The van der Waals surface area contributed by atoms with E-state index in [0.29, 0.717) is 5.82 Å². The third-order valence-electron chi connectivity index (χ3n) is 10.7. The molecule has 51 heavy (non-hydrogen) atoms. The van der Waals surface area contributed by atoms with Crippen LogP contribution in [0.3, 0.4) is 0 Å². The van der Waals surface area contributed by atoms with Crippen molar-refractivity contribution in [3.63, 3.8) is 0 Å². The van der Waals surface area contributed by atoms with Crippen molar-refractivity contribution < 1.29 is 4.79 Å². The lowest BCUT2D eigenvalue weighted by Crippen LogP contribution is -2.30. The second kappa shape index (κ2) is 13.5. The summed E-state index contributed by atoms with van der Waals surface area (Å²) >= 11 is 6.96. The zero-order valence-corrected chi connectivity index (χ0v) is 30.9. The first-order chi connectivity index (χ1) is 25.1. The van der Waals surface area contributed by atoms with E-state index in [0.717, 1.165) is 54.6 Å². The molecular weight excluding hydrogens is 707 g/mol. The van der Waals surface area contributed by atoms with Crippen LogP contribution in [0.25, 0.3) is 23.4 Å². The smallest absolute Gasteiger partial charge is 0.228 e. The van der Waals surface area contributed by atoms with Crippen LogP contribution in [0, 0.1) is 5.92 Å². The van der Waals surface area contributed by atoms with Gasteiger partial charge in [-0.05, 0) is 102 Å². The van der Waals surface area contributed by atoms with Gasteiger partial charge in [0.05, 0.1) is 5.69 Å². The number of benzene rings is 1. The van der Waals surface area contributed by atoms with Crippen LogP contribution in [-0.2, 0) is 28.5 Å². The van der Waals surface area contributed by atoms with Gasteiger partial charge in [0.15, 0.2) is 5.82 Å². The zero-order chi connectivity index (χ0) is 34.3. The Morgan fingerprint density at radius 3 is 1.67 bits per heavy atom. The molecule has 0 unspecified atom stereocenters. The van der Waals surface area contributed by atoms with E-state index in [2.05, 4.69) is 142 Å². The summed E-state index contributed by atoms with van der Waals surface area (Å²) in [7, 11) is 0. The van der Waals surface area contributed by atoms with E-state index >= 15 is 0 Å². The molecule has 1 aromatic carbocycles. The number of amides is 1. The predicted molar refractivity (Wildman–Crippen MR) is 213 cm³/mol. The van der Waals surface area contributed by atoms with Crippen molar-refractivity contribution in [2.75, 3.05) is 5.32 Å². The van der Waals surface area contributed by atoms with Gasteiger partial charge in [0.1, 0.15) is 0 Å². The van der Waals surface area contributed by atoms with Crippen molar-refractivity contribution in [2.45, 2.75) is 42.9 Å². The summed E-state index contributed by atoms with van der Waals surface area (Å²) in [6.07, 6.45) is 13.9. The molecular formula is C41H35N5OS4. The summed E-state index contributed by atoms with van der Waals surface area (Å²) in [6.45, 7) is 0. The van der Waals surface area contributed by atoms with Crippen LogP contribution in [0.2, 0.25) is 0 Å². The number of nitrogens with zero attached hydrogens (tertiary/aromatic N) is 2. The molecule has 1 saturated carbocycles. The van der Waals surface area contributed by atoms with E-state index in [4.69, 9.17) is 0 Å². The van der Waals surface area contributed by atoms with Crippen LogP contribution in [0.15, 0.2) is 110 Å². The van der Waals surface area contributed by atoms with Crippen LogP contribution in [-0.4, -0.2) is 26.3 Å². The summed E-state index contributed by atoms with van der Waals surface area (Å²) in [4.78, 5) is 12.3. The molecule has 3 aliphatic carbocycles. The number of aromatic nitrogens is 4. The third-order valence-corrected chi connectivity index (χ3v) is 13.4. The van der Waals surface area contributed by atoms with Gasteiger partial charge in [0.2, 0.25) is 5.91 Å². The average molecular weight is 742 g/mol. The Balaban J connectivity index is 0.000000137. The fourth-order valence-corrected chi connectivity index (χ4v) is 10.5. The van der Waals surface area contributed by atoms with Gasteiger partial charge >= 0.3 is 0 Å². The number of hydrogen-bond acceptors (Lipinski definition) is 7. The number of nitrogens with one attached hydrogen (secondary N) is 3. The number of rotatable bonds is 7. The molecule has 6 heterocycles. The number of fused-ring (bicyclic) bond motifs is 2. The lowest BCUT2D eigenvalue weighted by Gasteiger charge is -2.32. The molecule has 0 radical (unpaired) electrons. The third kappa shape index (κ3) is 5.80. The molecule has 3 N–H and O–H groups in total. The number of thiophene rings is 4. The maximum atomic E-state index is 12.3. The quantitative estimate of drug-likeness (QED) is 0.152. The van der Waals surface area contributed by atoms with E-state index < -0.39 is 0 Å². The fraction of sp³-hybridized carbons (Fsp3) is 0.195. The highest BCUT2D eigenvalue weighted by atomic mass is 32.1. The zero-order valence-electron chi connectivity index (χ0n) is 27.7. The first-order valence-corrected chi connectivity index (χ1v) is 20.9. The van der Waals surface area contributed by atoms with Crippen molar-refractivity contribution >= 4 is 69.2 Å². The molecule has 6 nitrogen and oxygen atoms in total. The number of carbonyl (C=O) groups excluding carboxylic acids is 1. The maximum Gasteiger partial charge on any atom is 0.228 e. The van der Waals surface area contributed by atoms with Gasteiger partial charge in [-0.25, -0.2) is 0 Å². The monoisotopic (exact) mass is 741 g/mol. The normalized spacial score (nSPS) is 16.8. The van der Waals surface area contributed by atoms with Gasteiger partial charge in [0.25, 0.3) is 0 Å². The Labute approximate surface area is 312 Å². The molecule has 1 fully saturated rings. The topological polar surface area (TPSA) is 86.5 Å². The minimum atomic E-state index is -0.172. The molecule has 254 valence electrons. The van der Waals surface area contributed by atoms with E-state index in [1.807, 2.05) is 6.07 Å². The highest BCUT2D eigenvalue weighted by molar-refractivity contribution is 7.08. The minimum Gasteiger partial charge on any atom is -0.308 e. The fourth-order valence-electron chi connectivity index (χ4n) is 7.53. The van der Waals surface area contributed by atoms with Crippen molar-refractivity contribution in [3.05, 3.63) is 155 Å². The Hall–Kier alpha value is -4.61. The van der Waals surface area contributed by atoms with Crippen molar-refractivity contribution in [1.82, 2.24) is 20.4 Å². The standard InChI is InChI=1S/C21H16N2S2.C20H19N3OS2/c1-2-4-15(5-3-1)20-18-6-9-21(12-19(18)22-23-20,16-7-10-24-13-16)17-8-11-25-14-17;24-19(13-2-1-3-13)21-18-16-4-7-20(10-17(16)22-23-18,14-5-8-25-11-14)15-6-9-26-12-15/h1-11,13-14H,12H2,(H,22,23);4-9,11-13H,1-3,10H2,(H2,21,22,23,24). The predicted octanol–water partition coefficient (Wildman–Crippen LogP) is 10.6. The number of hydrogen-bond donors (Lipinski definition) is 3. The number of anilines is 1. The number of carbonyl (C=O) groups is 1. The molecule has 10 rings (SSSR count). The molecule has 0 spiro atoms. The Morgan fingerprint density at radius 1 is 0.667 bits per heavy atom. The summed E-state index contributed by atoms with van der Waals surface area (Å²) < 4.78 is 0. The van der Waals surface area contributed by atoms with Crippen LogP contribution < -0.4 is 5.32 Å². The SMILES string of the molecule is C1=CC(c2ccsc2)(c2ccsc2)Cc2[nH]nc(-c3ccccc3)c21.O=C(Nc1n[nH]c2c1C=CC(c1ccsc1)(c1ccsc1)C2)C1CCC1. The molecule has 0 saturated heterocycles. The lowest BCUT2D eigenvalue weighted by molar-refractivity contribution is -0.122. The highest BCUT2D eigenvalue weighted by Crippen LogP contribution is 2.45. The van der Waals surface area contributed by atoms with Gasteiger partial charge < -0.3 is 5.32 Å². The first kappa shape index (κ1) is 32.3. The van der Waals surface area contributed by atoms with Gasteiger partial charge in [0, 0.05) is 57.7 Å². The molecule has 3 aliphatic rings. The van der Waals surface area contributed by atoms with E-state index in [-0.39, 0.29) is 22.7 Å². The molecule has 0 atom stereocenters. The molecule has 6 aromatic heterocycles. The van der Waals surface area contributed by atoms with Gasteiger partial charge in [-0.3, -0.25) is 15.0 Å². The second-order valence-corrected chi connectivity index (χ2v) is 16.5. The van der Waals surface area contributed by atoms with E-state index in [1.54, 1.807) is 45.3 Å². The number of allylic oxidation sites excluding steroid dienone is 2. The molecule has 1 amide bonds. The number of H-pyrrole nitrogens is 2. The second-order valence-electron chi connectivity index (χ2n) is 13.4. The minimum absolute atomic E-state index is 0.103. The van der Waals surface area contributed by atoms with Crippen LogP contribution in [0.5, 0.6) is 0 Å². The largest absolute Gasteiger partial charge is 0.308 e. The Bertz CT molecular complexity index is 2220. The Kier molecular flexibility index (Phi) is 8.55. The van der Waals surface area contributed by atoms with Gasteiger partial charge in [-0.2, -0.15) is 55.5 Å². The average Bonchev–Trinajstić information content (AvgIpc) is 4.00.